The number of hydroxylamine groups is 2. The molecule has 1 fully saturated rings. The highest BCUT2D eigenvalue weighted by molar-refractivity contribution is 5.76. The fourth-order valence-corrected chi connectivity index (χ4v) is 0.617. The highest BCUT2D eigenvalue weighted by Gasteiger charge is 2.23. The van der Waals surface area contributed by atoms with E-state index in [2.05, 4.69) is 4.84 Å². The summed E-state index contributed by atoms with van der Waals surface area (Å²) in [5.41, 5.74) is 0. The third-order valence-electron chi connectivity index (χ3n) is 1.59. The van der Waals surface area contributed by atoms with Crippen LogP contribution in [0.15, 0.2) is 0 Å². The summed E-state index contributed by atoms with van der Waals surface area (Å²) in [5, 5.41) is 1.17. The Bertz CT molecular complexity index is 145. The third-order valence-corrected chi connectivity index (χ3v) is 1.59. The van der Waals surface area contributed by atoms with E-state index in [1.165, 1.54) is 12.2 Å². The van der Waals surface area contributed by atoms with Crippen molar-refractivity contribution in [1.29, 1.82) is 0 Å². The van der Waals surface area contributed by atoms with E-state index in [4.69, 9.17) is 4.74 Å². The van der Waals surface area contributed by atoms with Gasteiger partial charge >= 0.3 is 0 Å². The Morgan fingerprint density at radius 3 is 2.73 bits per heavy atom. The van der Waals surface area contributed by atoms with Crippen LogP contribution in [0, 0.1) is 0 Å². The largest absolute Gasteiger partial charge is 0.368 e. The molecule has 0 radical (unpaired) electrons. The normalized spacial score (nSPS) is 16.5. The highest BCUT2D eigenvalue weighted by Crippen LogP contribution is 2.23. The molecular formula is C7H13NO3. The molecule has 0 aromatic rings. The number of carbonyl (C=O) groups is 1. The monoisotopic (exact) mass is 159 g/mol. The fourth-order valence-electron chi connectivity index (χ4n) is 0.617. The molecule has 1 aliphatic rings. The first-order valence-electron chi connectivity index (χ1n) is 3.66. The first kappa shape index (κ1) is 8.49. The Morgan fingerprint density at radius 1 is 1.64 bits per heavy atom. The van der Waals surface area contributed by atoms with Gasteiger partial charge in [0.2, 0.25) is 0 Å². The smallest absolute Gasteiger partial charge is 0.271 e. The Labute approximate surface area is 66.0 Å². The van der Waals surface area contributed by atoms with Gasteiger partial charge in [0.15, 0.2) is 0 Å². The molecule has 0 unspecified atom stereocenters. The van der Waals surface area contributed by atoms with Crippen molar-refractivity contribution in [3.8, 4) is 0 Å². The zero-order valence-electron chi connectivity index (χ0n) is 6.87. The van der Waals surface area contributed by atoms with Crippen LogP contribution < -0.4 is 0 Å². The average Bonchev–Trinajstić information content (AvgIpc) is 2.81. The molecule has 4 heteroatoms. The van der Waals surface area contributed by atoms with E-state index in [0.29, 0.717) is 6.10 Å². The van der Waals surface area contributed by atoms with Crippen LogP contribution in [-0.2, 0) is 14.4 Å². The van der Waals surface area contributed by atoms with Crippen molar-refractivity contribution < 1.29 is 14.4 Å². The minimum atomic E-state index is -0.139. The number of carbonyl (C=O) groups excluding carboxylic acids is 1. The number of ether oxygens (including phenoxy) is 1. The van der Waals surface area contributed by atoms with Crippen molar-refractivity contribution in [2.75, 3.05) is 20.8 Å². The van der Waals surface area contributed by atoms with Crippen molar-refractivity contribution in [2.45, 2.75) is 18.9 Å². The molecule has 0 saturated heterocycles. The van der Waals surface area contributed by atoms with E-state index in [0.717, 1.165) is 12.8 Å². The van der Waals surface area contributed by atoms with Crippen LogP contribution in [-0.4, -0.2) is 37.8 Å². The van der Waals surface area contributed by atoms with Gasteiger partial charge in [-0.2, -0.15) is 0 Å². The maximum Gasteiger partial charge on any atom is 0.271 e. The zero-order chi connectivity index (χ0) is 8.27. The van der Waals surface area contributed by atoms with Gasteiger partial charge in [0.05, 0.1) is 13.2 Å². The van der Waals surface area contributed by atoms with E-state index < -0.39 is 0 Å². The SMILES string of the molecule is CON(C)C(=O)COC1CC1. The van der Waals surface area contributed by atoms with E-state index in [1.807, 2.05) is 0 Å². The van der Waals surface area contributed by atoms with E-state index in [1.54, 1.807) is 7.05 Å². The molecule has 11 heavy (non-hydrogen) atoms. The average molecular weight is 159 g/mol. The number of hydrogen-bond donors (Lipinski definition) is 0. The first-order valence-corrected chi connectivity index (χ1v) is 3.66. The topological polar surface area (TPSA) is 38.8 Å². The van der Waals surface area contributed by atoms with Gasteiger partial charge in [0.25, 0.3) is 5.91 Å². The van der Waals surface area contributed by atoms with Crippen molar-refractivity contribution in [2.24, 2.45) is 0 Å². The van der Waals surface area contributed by atoms with Crippen LogP contribution in [0.3, 0.4) is 0 Å². The van der Waals surface area contributed by atoms with Crippen LogP contribution in [0.4, 0.5) is 0 Å². The number of rotatable bonds is 4. The summed E-state index contributed by atoms with van der Waals surface area (Å²) in [7, 11) is 3.02. The lowest BCUT2D eigenvalue weighted by Crippen LogP contribution is -2.29. The van der Waals surface area contributed by atoms with E-state index in [-0.39, 0.29) is 12.5 Å². The van der Waals surface area contributed by atoms with Crippen LogP contribution in [0.5, 0.6) is 0 Å². The van der Waals surface area contributed by atoms with Crippen LogP contribution in [0.25, 0.3) is 0 Å². The molecule has 1 aliphatic carbocycles. The van der Waals surface area contributed by atoms with Gasteiger partial charge < -0.3 is 4.74 Å². The fraction of sp³-hybridized carbons (Fsp3) is 0.857. The Kier molecular flexibility index (Phi) is 2.84. The highest BCUT2D eigenvalue weighted by atomic mass is 16.7. The Balaban J connectivity index is 2.08. The molecule has 0 aromatic heterocycles. The second kappa shape index (κ2) is 3.69. The number of likely N-dealkylation sites (N-methyl/N-ethyl adjacent to an activating group) is 1. The maximum atomic E-state index is 11.0. The van der Waals surface area contributed by atoms with E-state index >= 15 is 0 Å². The minimum Gasteiger partial charge on any atom is -0.368 e. The van der Waals surface area contributed by atoms with Crippen LogP contribution >= 0.6 is 0 Å². The number of nitrogens with zero attached hydrogens (tertiary/aromatic N) is 1. The summed E-state index contributed by atoms with van der Waals surface area (Å²) in [4.78, 5) is 15.7. The van der Waals surface area contributed by atoms with Gasteiger partial charge in [-0.15, -0.1) is 0 Å². The molecule has 0 spiro atoms. The molecule has 0 atom stereocenters. The molecule has 1 rings (SSSR count). The van der Waals surface area contributed by atoms with Gasteiger partial charge in [0.1, 0.15) is 6.61 Å². The van der Waals surface area contributed by atoms with E-state index in [9.17, 15) is 4.79 Å². The number of hydrogen-bond acceptors (Lipinski definition) is 3. The summed E-state index contributed by atoms with van der Waals surface area (Å²) in [5.74, 6) is -0.139. The molecule has 0 heterocycles. The molecule has 0 bridgehead atoms. The maximum absolute atomic E-state index is 11.0. The predicted molar refractivity (Wildman–Crippen MR) is 38.8 cm³/mol. The first-order chi connectivity index (χ1) is 5.24. The molecule has 0 aromatic carbocycles. The molecular weight excluding hydrogens is 146 g/mol. The minimum absolute atomic E-state index is 0.134. The van der Waals surface area contributed by atoms with Gasteiger partial charge in [-0.1, -0.05) is 0 Å². The summed E-state index contributed by atoms with van der Waals surface area (Å²) in [6.07, 6.45) is 2.50. The molecule has 4 nitrogen and oxygen atoms in total. The summed E-state index contributed by atoms with van der Waals surface area (Å²) in [6, 6.07) is 0. The second-order valence-corrected chi connectivity index (χ2v) is 2.58. The van der Waals surface area contributed by atoms with Crippen molar-refractivity contribution in [3.05, 3.63) is 0 Å². The lowest BCUT2D eigenvalue weighted by atomic mass is 10.6. The lowest BCUT2D eigenvalue weighted by molar-refractivity contribution is -0.173. The van der Waals surface area contributed by atoms with Crippen LogP contribution in [0.2, 0.25) is 0 Å². The predicted octanol–water partition coefficient (Wildman–Crippen LogP) is 0.185. The van der Waals surface area contributed by atoms with Crippen molar-refractivity contribution in [1.82, 2.24) is 5.06 Å². The zero-order valence-corrected chi connectivity index (χ0v) is 6.87. The van der Waals surface area contributed by atoms with Gasteiger partial charge in [0, 0.05) is 7.05 Å². The van der Waals surface area contributed by atoms with Crippen LogP contribution in [0.1, 0.15) is 12.8 Å². The molecule has 1 amide bonds. The summed E-state index contributed by atoms with van der Waals surface area (Å²) in [6.45, 7) is 0.134. The third kappa shape index (κ3) is 2.86. The summed E-state index contributed by atoms with van der Waals surface area (Å²) >= 11 is 0. The Hall–Kier alpha value is -0.610. The van der Waals surface area contributed by atoms with Gasteiger partial charge in [-0.25, -0.2) is 5.06 Å². The van der Waals surface area contributed by atoms with Gasteiger partial charge in [-0.3, -0.25) is 9.63 Å². The lowest BCUT2D eigenvalue weighted by Gasteiger charge is -2.12. The second-order valence-electron chi connectivity index (χ2n) is 2.58. The Morgan fingerprint density at radius 2 is 2.27 bits per heavy atom. The van der Waals surface area contributed by atoms with Crippen molar-refractivity contribution >= 4 is 5.91 Å². The van der Waals surface area contributed by atoms with Gasteiger partial charge in [-0.05, 0) is 12.8 Å². The molecule has 64 valence electrons. The standard InChI is InChI=1S/C7H13NO3/c1-8(10-2)7(9)5-11-6-3-4-6/h6H,3-5H2,1-2H3. The molecule has 0 aliphatic heterocycles. The van der Waals surface area contributed by atoms with Crippen molar-refractivity contribution in [3.63, 3.8) is 0 Å². The quantitative estimate of drug-likeness (QED) is 0.549. The summed E-state index contributed by atoms with van der Waals surface area (Å²) < 4.78 is 5.17. The molecule has 1 saturated carbocycles. The molecule has 0 N–H and O–H groups in total. The number of amides is 1.